The summed E-state index contributed by atoms with van der Waals surface area (Å²) in [5.41, 5.74) is 0.948. The van der Waals surface area contributed by atoms with Gasteiger partial charge in [-0.3, -0.25) is 9.59 Å². The molecular weight excluding hydrogens is 318 g/mol. The lowest BCUT2D eigenvalue weighted by atomic mass is 9.97. The molecule has 2 aromatic rings. The quantitative estimate of drug-likeness (QED) is 0.734. The van der Waals surface area contributed by atoms with E-state index < -0.39 is 11.9 Å². The fraction of sp³-hybridized carbons (Fsp3) is 0.400. The van der Waals surface area contributed by atoms with E-state index in [-0.39, 0.29) is 25.0 Å². The molecule has 1 atom stereocenters. The van der Waals surface area contributed by atoms with Gasteiger partial charge in [-0.15, -0.1) is 0 Å². The van der Waals surface area contributed by atoms with Crippen LogP contribution in [0.25, 0.3) is 10.8 Å². The van der Waals surface area contributed by atoms with E-state index in [1.54, 1.807) is 0 Å². The van der Waals surface area contributed by atoms with Crippen molar-refractivity contribution in [3.8, 4) is 0 Å². The number of hydrogen-bond acceptors (Lipinski definition) is 3. The maximum Gasteiger partial charge on any atom is 0.308 e. The molecule has 0 aromatic heterocycles. The minimum atomic E-state index is -0.910. The number of carbonyl (C=O) groups is 2. The molecule has 2 rings (SSSR count). The minimum Gasteiger partial charge on any atom is -0.481 e. The van der Waals surface area contributed by atoms with E-state index in [2.05, 4.69) is 5.32 Å². The van der Waals surface area contributed by atoms with Crippen LogP contribution in [0.4, 0.5) is 0 Å². The number of aliphatic carboxylic acids is 1. The average Bonchev–Trinajstić information content (AvgIpc) is 2.57. The first kappa shape index (κ1) is 18.9. The molecule has 0 saturated heterocycles. The zero-order chi connectivity index (χ0) is 18.2. The highest BCUT2D eigenvalue weighted by Gasteiger charge is 2.19. The van der Waals surface area contributed by atoms with Crippen molar-refractivity contribution in [3.63, 3.8) is 0 Å². The standard InChI is InChI=1S/C20H25NO4/c1-14(2)25-10-9-19(22)21-13-18(20(23)24)12-15-7-8-16-5-3-4-6-17(16)11-15/h3-8,11,14,18H,9-10,12-13H2,1-2H3,(H,21,22)(H,23,24). The van der Waals surface area contributed by atoms with Crippen molar-refractivity contribution >= 4 is 22.6 Å². The third-order valence-electron chi connectivity index (χ3n) is 3.97. The predicted molar refractivity (Wildman–Crippen MR) is 97.5 cm³/mol. The fourth-order valence-corrected chi connectivity index (χ4v) is 2.61. The van der Waals surface area contributed by atoms with E-state index in [4.69, 9.17) is 4.74 Å². The van der Waals surface area contributed by atoms with E-state index in [0.717, 1.165) is 16.3 Å². The Morgan fingerprint density at radius 1 is 1.12 bits per heavy atom. The Hall–Kier alpha value is -2.40. The molecule has 0 heterocycles. The number of nitrogens with one attached hydrogen (secondary N) is 1. The first-order valence-corrected chi connectivity index (χ1v) is 8.54. The molecule has 2 aromatic carbocycles. The van der Waals surface area contributed by atoms with Crippen LogP contribution in [0.2, 0.25) is 0 Å². The number of ether oxygens (including phenoxy) is 1. The molecule has 5 heteroatoms. The van der Waals surface area contributed by atoms with Gasteiger partial charge in [0.1, 0.15) is 0 Å². The molecule has 134 valence electrons. The van der Waals surface area contributed by atoms with Gasteiger partial charge in [0.05, 0.1) is 18.6 Å². The van der Waals surface area contributed by atoms with E-state index in [1.165, 1.54) is 0 Å². The Morgan fingerprint density at radius 2 is 1.84 bits per heavy atom. The van der Waals surface area contributed by atoms with Crippen molar-refractivity contribution in [2.75, 3.05) is 13.2 Å². The second kappa shape index (κ2) is 9.18. The highest BCUT2D eigenvalue weighted by atomic mass is 16.5. The smallest absolute Gasteiger partial charge is 0.308 e. The van der Waals surface area contributed by atoms with Crippen LogP contribution >= 0.6 is 0 Å². The zero-order valence-electron chi connectivity index (χ0n) is 14.7. The molecule has 0 aliphatic rings. The highest BCUT2D eigenvalue weighted by Crippen LogP contribution is 2.18. The van der Waals surface area contributed by atoms with Crippen LogP contribution in [0.3, 0.4) is 0 Å². The third kappa shape index (κ3) is 6.19. The summed E-state index contributed by atoms with van der Waals surface area (Å²) in [6.07, 6.45) is 0.691. The number of rotatable bonds is 9. The number of benzene rings is 2. The lowest BCUT2D eigenvalue weighted by Gasteiger charge is -2.14. The Kier molecular flexibility index (Phi) is 6.95. The van der Waals surface area contributed by atoms with Crippen molar-refractivity contribution in [1.29, 1.82) is 0 Å². The molecule has 1 amide bonds. The lowest BCUT2D eigenvalue weighted by molar-refractivity contribution is -0.141. The van der Waals surface area contributed by atoms with E-state index in [0.29, 0.717) is 13.0 Å². The summed E-state index contributed by atoms with van der Waals surface area (Å²) in [5, 5.41) is 14.3. The molecule has 0 fully saturated rings. The minimum absolute atomic E-state index is 0.0764. The summed E-state index contributed by atoms with van der Waals surface area (Å²) in [7, 11) is 0. The number of hydrogen-bond donors (Lipinski definition) is 2. The van der Waals surface area contributed by atoms with Gasteiger partial charge in [-0.25, -0.2) is 0 Å². The maximum atomic E-state index is 11.8. The molecule has 25 heavy (non-hydrogen) atoms. The van der Waals surface area contributed by atoms with Crippen molar-refractivity contribution in [3.05, 3.63) is 48.0 Å². The van der Waals surface area contributed by atoms with Crippen molar-refractivity contribution in [1.82, 2.24) is 5.32 Å². The lowest BCUT2D eigenvalue weighted by Crippen LogP contribution is -2.34. The fourth-order valence-electron chi connectivity index (χ4n) is 2.61. The van der Waals surface area contributed by atoms with Gasteiger partial charge >= 0.3 is 5.97 Å². The van der Waals surface area contributed by atoms with Gasteiger partial charge in [0.25, 0.3) is 0 Å². The normalized spacial score (nSPS) is 12.3. The van der Waals surface area contributed by atoms with Crippen LogP contribution < -0.4 is 5.32 Å². The van der Waals surface area contributed by atoms with Gasteiger partial charge < -0.3 is 15.2 Å². The Morgan fingerprint density at radius 3 is 2.52 bits per heavy atom. The summed E-state index contributed by atoms with van der Waals surface area (Å²) in [4.78, 5) is 23.3. The highest BCUT2D eigenvalue weighted by molar-refractivity contribution is 5.83. The largest absolute Gasteiger partial charge is 0.481 e. The van der Waals surface area contributed by atoms with E-state index in [1.807, 2.05) is 56.3 Å². The van der Waals surface area contributed by atoms with E-state index in [9.17, 15) is 14.7 Å². The predicted octanol–water partition coefficient (Wildman–Crippen LogP) is 3.01. The Labute approximate surface area is 148 Å². The molecule has 5 nitrogen and oxygen atoms in total. The van der Waals surface area contributed by atoms with Gasteiger partial charge in [0.2, 0.25) is 5.91 Å². The van der Waals surface area contributed by atoms with Crippen molar-refractivity contribution in [2.24, 2.45) is 5.92 Å². The molecule has 1 unspecified atom stereocenters. The van der Waals surface area contributed by atoms with E-state index >= 15 is 0 Å². The SMILES string of the molecule is CC(C)OCCC(=O)NCC(Cc1ccc2ccccc2c1)C(=O)O. The first-order valence-electron chi connectivity index (χ1n) is 8.54. The van der Waals surface area contributed by atoms with Gasteiger partial charge in [-0.2, -0.15) is 0 Å². The van der Waals surface area contributed by atoms with Gasteiger partial charge in [0, 0.05) is 13.0 Å². The van der Waals surface area contributed by atoms with Crippen LogP contribution in [0.15, 0.2) is 42.5 Å². The van der Waals surface area contributed by atoms with Gasteiger partial charge in [-0.05, 0) is 36.6 Å². The molecule has 0 saturated carbocycles. The van der Waals surface area contributed by atoms with Crippen LogP contribution in [-0.4, -0.2) is 36.2 Å². The first-order chi connectivity index (χ1) is 12.0. The summed E-state index contributed by atoms with van der Waals surface area (Å²) in [6.45, 7) is 4.26. The third-order valence-corrected chi connectivity index (χ3v) is 3.97. The Bertz CT molecular complexity index is 726. The summed E-state index contributed by atoms with van der Waals surface area (Å²) < 4.78 is 5.33. The number of amides is 1. The topological polar surface area (TPSA) is 75.6 Å². The molecule has 0 bridgehead atoms. The van der Waals surface area contributed by atoms with Crippen LogP contribution in [0.5, 0.6) is 0 Å². The van der Waals surface area contributed by atoms with Crippen LogP contribution in [0.1, 0.15) is 25.8 Å². The molecule has 0 aliphatic heterocycles. The average molecular weight is 343 g/mol. The van der Waals surface area contributed by atoms with Gasteiger partial charge in [0.15, 0.2) is 0 Å². The maximum absolute atomic E-state index is 11.8. The number of carboxylic acid groups (broad SMARTS) is 1. The Balaban J connectivity index is 1.91. The molecule has 0 spiro atoms. The number of carboxylic acids is 1. The second-order valence-corrected chi connectivity index (χ2v) is 6.39. The molecule has 2 N–H and O–H groups in total. The van der Waals surface area contributed by atoms with Crippen LogP contribution in [0, 0.1) is 5.92 Å². The summed E-state index contributed by atoms with van der Waals surface area (Å²) in [5.74, 6) is -1.76. The van der Waals surface area contributed by atoms with Crippen LogP contribution in [-0.2, 0) is 20.7 Å². The monoisotopic (exact) mass is 343 g/mol. The van der Waals surface area contributed by atoms with Crippen molar-refractivity contribution < 1.29 is 19.4 Å². The number of carbonyl (C=O) groups excluding carboxylic acids is 1. The summed E-state index contributed by atoms with van der Waals surface area (Å²) in [6, 6.07) is 13.9. The summed E-state index contributed by atoms with van der Waals surface area (Å²) >= 11 is 0. The van der Waals surface area contributed by atoms with Gasteiger partial charge in [-0.1, -0.05) is 42.5 Å². The molecule has 0 aliphatic carbocycles. The second-order valence-electron chi connectivity index (χ2n) is 6.39. The zero-order valence-corrected chi connectivity index (χ0v) is 14.7. The molecule has 0 radical (unpaired) electrons. The number of fused-ring (bicyclic) bond motifs is 1. The molecular formula is C20H25NO4. The van der Waals surface area contributed by atoms with Crippen molar-refractivity contribution in [2.45, 2.75) is 32.8 Å².